The minimum absolute atomic E-state index is 0. The van der Waals surface area contributed by atoms with Gasteiger partial charge < -0.3 is 18.8 Å². The maximum Gasteiger partial charge on any atom is 0.0609 e. The van der Waals surface area contributed by atoms with Crippen LogP contribution in [-0.4, -0.2) is 18.9 Å². The van der Waals surface area contributed by atoms with Crippen molar-refractivity contribution < 1.29 is 21.1 Å². The van der Waals surface area contributed by atoms with Crippen LogP contribution in [0.15, 0.2) is 116 Å². The molecule has 0 unspecified atom stereocenters. The predicted octanol–water partition coefficient (Wildman–Crippen LogP) is 10.1. The van der Waals surface area contributed by atoms with Gasteiger partial charge in [-0.3, -0.25) is 9.97 Å². The van der Waals surface area contributed by atoms with Gasteiger partial charge in [0.05, 0.1) is 11.2 Å². The number of rotatable bonds is 3. The Balaban J connectivity index is 0.00000325. The van der Waals surface area contributed by atoms with Crippen LogP contribution in [0.1, 0.15) is 16.7 Å². The van der Waals surface area contributed by atoms with Gasteiger partial charge in [0.2, 0.25) is 0 Å². The molecule has 49 heavy (non-hydrogen) atoms. The number of pyridine rings is 2. The summed E-state index contributed by atoms with van der Waals surface area (Å²) in [5, 5.41) is 5.52. The van der Waals surface area contributed by atoms with Crippen LogP contribution in [0, 0.1) is 39.6 Å². The molecule has 240 valence electrons. The number of hydrogen-bond donors (Lipinski definition) is 0. The molecule has 1 aliphatic heterocycles. The molecule has 10 rings (SSSR count). The van der Waals surface area contributed by atoms with Gasteiger partial charge in [0, 0.05) is 68.4 Å². The van der Waals surface area contributed by atoms with Gasteiger partial charge in [-0.25, -0.2) is 0 Å². The third-order valence-electron chi connectivity index (χ3n) is 9.72. The Morgan fingerprint density at radius 3 is 2.20 bits per heavy atom. The van der Waals surface area contributed by atoms with Crippen LogP contribution in [0.4, 0.5) is 22.7 Å². The first-order chi connectivity index (χ1) is 23.5. The van der Waals surface area contributed by atoms with Gasteiger partial charge in [0.25, 0.3) is 0 Å². The number of para-hydroxylation sites is 3. The third-order valence-corrected chi connectivity index (χ3v) is 9.72. The van der Waals surface area contributed by atoms with E-state index in [4.69, 9.17) is 4.98 Å². The fourth-order valence-corrected chi connectivity index (χ4v) is 7.81. The van der Waals surface area contributed by atoms with E-state index in [2.05, 4.69) is 154 Å². The standard InChI is InChI=1S/C42H29N6.Pt/c1-26-20-27(2)41(28(3)21-26)47-25-46(37-10-6-7-11-38(37)47)29-12-15-33-32-8-4-5-9-36(32)48(39(33)23-29)30-13-14-31-34-16-17-43-24-40(34)45-19-18-44-42(45)35(31)22-30;/h4-21,24-25H,1-3H3;/q-3;. The van der Waals surface area contributed by atoms with Crippen molar-refractivity contribution in [3.63, 3.8) is 0 Å². The molecule has 0 bridgehead atoms. The first-order valence-electron chi connectivity index (χ1n) is 16.2. The summed E-state index contributed by atoms with van der Waals surface area (Å²) in [6.45, 7) is 8.76. The largest absolute Gasteiger partial charge is 0.493 e. The smallest absolute Gasteiger partial charge is 0.0609 e. The molecule has 0 radical (unpaired) electrons. The average molecular weight is 813 g/mol. The second-order valence-electron chi connectivity index (χ2n) is 12.7. The van der Waals surface area contributed by atoms with Crippen LogP contribution >= 0.6 is 0 Å². The van der Waals surface area contributed by atoms with Crippen LogP contribution in [-0.2, 0) is 21.1 Å². The summed E-state index contributed by atoms with van der Waals surface area (Å²) in [6.07, 6.45) is 7.58. The zero-order valence-electron chi connectivity index (χ0n) is 27.0. The molecular formula is C42H29N6Pt-3. The Morgan fingerprint density at radius 2 is 1.37 bits per heavy atom. The Hall–Kier alpha value is -5.45. The van der Waals surface area contributed by atoms with E-state index in [1.807, 2.05) is 24.8 Å². The fourth-order valence-electron chi connectivity index (χ4n) is 7.81. The Morgan fingerprint density at radius 1 is 0.653 bits per heavy atom. The van der Waals surface area contributed by atoms with E-state index in [0.717, 1.165) is 66.5 Å². The molecule has 7 heteroatoms. The molecule has 5 aromatic carbocycles. The van der Waals surface area contributed by atoms with Gasteiger partial charge in [-0.05, 0) is 72.6 Å². The molecule has 0 amide bonds. The molecule has 4 aromatic heterocycles. The van der Waals surface area contributed by atoms with E-state index >= 15 is 0 Å². The van der Waals surface area contributed by atoms with E-state index in [-0.39, 0.29) is 21.1 Å². The second kappa shape index (κ2) is 11.0. The number of anilines is 4. The van der Waals surface area contributed by atoms with Gasteiger partial charge >= 0.3 is 0 Å². The monoisotopic (exact) mass is 812 g/mol. The zero-order chi connectivity index (χ0) is 32.1. The summed E-state index contributed by atoms with van der Waals surface area (Å²) in [5.74, 6) is 0. The fraction of sp³-hybridized carbons (Fsp3) is 0.0714. The number of hydrogen-bond acceptors (Lipinski definition) is 4. The van der Waals surface area contributed by atoms with E-state index in [0.29, 0.717) is 0 Å². The zero-order valence-corrected chi connectivity index (χ0v) is 29.3. The maximum absolute atomic E-state index is 4.75. The summed E-state index contributed by atoms with van der Waals surface area (Å²) < 4.78 is 4.39. The SMILES string of the molecule is Cc1cc(C)c(N2[CH-]N(c3[c-]c4c(cc3)c3ccccc3n4-c3[c-]c4c(cc3)c3ccncc3n3ccnc43)c3ccccc32)c(C)c1.[Pt]. The van der Waals surface area contributed by atoms with Crippen molar-refractivity contribution in [3.8, 4) is 5.69 Å². The van der Waals surface area contributed by atoms with Crippen LogP contribution in [0.3, 0.4) is 0 Å². The van der Waals surface area contributed by atoms with Gasteiger partial charge in [0.1, 0.15) is 0 Å². The number of benzene rings is 5. The number of imidazole rings is 1. The first-order valence-corrected chi connectivity index (χ1v) is 16.2. The van der Waals surface area contributed by atoms with E-state index in [1.54, 1.807) is 0 Å². The summed E-state index contributed by atoms with van der Waals surface area (Å²) in [6, 6.07) is 40.2. The molecule has 0 atom stereocenters. The van der Waals surface area contributed by atoms with Crippen molar-refractivity contribution in [2.45, 2.75) is 20.8 Å². The molecule has 1 aliphatic rings. The number of aromatic nitrogens is 4. The first kappa shape index (κ1) is 29.7. The number of aryl methyl sites for hydroxylation is 3. The van der Waals surface area contributed by atoms with Crippen molar-refractivity contribution in [3.05, 3.63) is 151 Å². The molecule has 0 N–H and O–H groups in total. The van der Waals surface area contributed by atoms with Crippen LogP contribution < -0.4 is 9.80 Å². The molecule has 9 aromatic rings. The Bertz CT molecular complexity index is 2750. The maximum atomic E-state index is 4.75. The van der Waals surface area contributed by atoms with Crippen molar-refractivity contribution in [1.29, 1.82) is 0 Å². The van der Waals surface area contributed by atoms with Gasteiger partial charge in [-0.15, -0.1) is 48.1 Å². The third kappa shape index (κ3) is 4.30. The van der Waals surface area contributed by atoms with Gasteiger partial charge in [-0.1, -0.05) is 64.3 Å². The van der Waals surface area contributed by atoms with Crippen molar-refractivity contribution in [2.75, 3.05) is 9.80 Å². The molecule has 0 fully saturated rings. The Kier molecular flexibility index (Phi) is 6.69. The van der Waals surface area contributed by atoms with Crippen molar-refractivity contribution >= 4 is 71.9 Å². The van der Waals surface area contributed by atoms with Crippen molar-refractivity contribution in [1.82, 2.24) is 18.9 Å². The summed E-state index contributed by atoms with van der Waals surface area (Å²) in [5.41, 5.74) is 13.2. The molecule has 5 heterocycles. The van der Waals surface area contributed by atoms with Crippen LogP contribution in [0.2, 0.25) is 0 Å². The molecule has 0 spiro atoms. The topological polar surface area (TPSA) is 41.6 Å². The van der Waals surface area contributed by atoms with Crippen molar-refractivity contribution in [2.24, 2.45) is 0 Å². The van der Waals surface area contributed by atoms with Gasteiger partial charge in [0.15, 0.2) is 0 Å². The number of fused-ring (bicyclic) bond motifs is 10. The predicted molar refractivity (Wildman–Crippen MR) is 196 cm³/mol. The minimum Gasteiger partial charge on any atom is -0.493 e. The summed E-state index contributed by atoms with van der Waals surface area (Å²) in [4.78, 5) is 13.7. The van der Waals surface area contributed by atoms with Gasteiger partial charge in [-0.2, -0.15) is 6.07 Å². The van der Waals surface area contributed by atoms with Crippen LogP contribution in [0.25, 0.3) is 54.8 Å². The molecule has 0 aliphatic carbocycles. The molecule has 0 saturated carbocycles. The minimum atomic E-state index is 0. The molecule has 0 saturated heterocycles. The Labute approximate surface area is 298 Å². The normalized spacial score (nSPS) is 12.9. The second-order valence-corrected chi connectivity index (χ2v) is 12.7. The van der Waals surface area contributed by atoms with E-state index in [1.165, 1.54) is 27.8 Å². The summed E-state index contributed by atoms with van der Waals surface area (Å²) in [7, 11) is 0. The van der Waals surface area contributed by atoms with Crippen LogP contribution in [0.5, 0.6) is 0 Å². The van der Waals surface area contributed by atoms with E-state index < -0.39 is 0 Å². The average Bonchev–Trinajstić information content (AvgIpc) is 3.83. The molecular weight excluding hydrogens is 784 g/mol. The molecule has 6 nitrogen and oxygen atoms in total. The number of nitrogens with zero attached hydrogens (tertiary/aromatic N) is 6. The quantitative estimate of drug-likeness (QED) is 0.132. The van der Waals surface area contributed by atoms with E-state index in [9.17, 15) is 0 Å². The summed E-state index contributed by atoms with van der Waals surface area (Å²) >= 11 is 0.